The van der Waals surface area contributed by atoms with Gasteiger partial charge in [0.25, 0.3) is 0 Å². The van der Waals surface area contributed by atoms with Crippen molar-refractivity contribution < 1.29 is 9.18 Å². The zero-order chi connectivity index (χ0) is 17.1. The monoisotopic (exact) mass is 324 g/mol. The molecule has 2 aromatic heterocycles. The van der Waals surface area contributed by atoms with E-state index < -0.39 is 0 Å². The predicted octanol–water partition coefficient (Wildman–Crippen LogP) is 3.15. The average Bonchev–Trinajstić information content (AvgIpc) is 2.99. The van der Waals surface area contributed by atoms with Crippen LogP contribution >= 0.6 is 0 Å². The van der Waals surface area contributed by atoms with E-state index in [1.54, 1.807) is 12.1 Å². The number of nitrogens with one attached hydrogen (secondary N) is 1. The minimum absolute atomic E-state index is 0.239. The lowest BCUT2D eigenvalue weighted by Gasteiger charge is -2.11. The molecule has 122 valence electrons. The van der Waals surface area contributed by atoms with Crippen LogP contribution in [0.1, 0.15) is 31.3 Å². The third kappa shape index (κ3) is 3.32. The van der Waals surface area contributed by atoms with E-state index in [0.29, 0.717) is 5.82 Å². The smallest absolute Gasteiger partial charge is 0.244 e. The zero-order valence-corrected chi connectivity index (χ0v) is 13.4. The van der Waals surface area contributed by atoms with Gasteiger partial charge in [0.2, 0.25) is 5.91 Å². The number of allylic oxidation sites excluding steroid dienone is 1. The van der Waals surface area contributed by atoms with Crippen molar-refractivity contribution in [2.75, 3.05) is 0 Å². The van der Waals surface area contributed by atoms with Crippen molar-refractivity contribution in [3.8, 4) is 0 Å². The Kier molecular flexibility index (Phi) is 4.37. The Balaban J connectivity index is 1.74. The molecule has 1 aromatic carbocycles. The molecule has 0 bridgehead atoms. The minimum Gasteiger partial charge on any atom is -0.343 e. The molecule has 1 amide bonds. The molecular weight excluding hydrogens is 307 g/mol. The number of amides is 1. The van der Waals surface area contributed by atoms with Crippen molar-refractivity contribution in [3.63, 3.8) is 0 Å². The first kappa shape index (κ1) is 15.9. The second-order valence-electron chi connectivity index (χ2n) is 5.55. The molecule has 0 spiro atoms. The maximum absolute atomic E-state index is 13.0. The van der Waals surface area contributed by atoms with Crippen LogP contribution in [0.3, 0.4) is 0 Å². The fourth-order valence-electron chi connectivity index (χ4n) is 2.47. The highest BCUT2D eigenvalue weighted by molar-refractivity contribution is 5.95. The summed E-state index contributed by atoms with van der Waals surface area (Å²) in [7, 11) is 0. The molecule has 0 aliphatic carbocycles. The molecule has 2 heterocycles. The largest absolute Gasteiger partial charge is 0.343 e. The number of carbonyl (C=O) groups excluding carboxylic acids is 1. The van der Waals surface area contributed by atoms with Gasteiger partial charge in [0.15, 0.2) is 11.5 Å². The number of pyridine rings is 1. The van der Waals surface area contributed by atoms with Gasteiger partial charge in [-0.2, -0.15) is 0 Å². The summed E-state index contributed by atoms with van der Waals surface area (Å²) in [5.74, 6) is 0.118. The summed E-state index contributed by atoms with van der Waals surface area (Å²) < 4.78 is 14.8. The molecule has 1 unspecified atom stereocenters. The average molecular weight is 324 g/mol. The van der Waals surface area contributed by atoms with Gasteiger partial charge in [-0.1, -0.05) is 18.2 Å². The Hall–Kier alpha value is -3.02. The van der Waals surface area contributed by atoms with Crippen LogP contribution in [0.15, 0.2) is 54.7 Å². The molecule has 24 heavy (non-hydrogen) atoms. The third-order valence-corrected chi connectivity index (χ3v) is 3.73. The molecule has 0 saturated heterocycles. The van der Waals surface area contributed by atoms with Gasteiger partial charge in [-0.15, -0.1) is 10.2 Å². The van der Waals surface area contributed by atoms with Gasteiger partial charge in [-0.05, 0) is 49.2 Å². The third-order valence-electron chi connectivity index (χ3n) is 3.73. The highest BCUT2D eigenvalue weighted by Gasteiger charge is 2.14. The molecule has 5 nitrogen and oxygen atoms in total. The predicted molar refractivity (Wildman–Crippen MR) is 89.6 cm³/mol. The number of hydrogen-bond acceptors (Lipinski definition) is 3. The molecular formula is C18H17FN4O. The van der Waals surface area contributed by atoms with Crippen LogP contribution in [0.4, 0.5) is 4.39 Å². The van der Waals surface area contributed by atoms with Crippen LogP contribution < -0.4 is 5.32 Å². The summed E-state index contributed by atoms with van der Waals surface area (Å²) in [5, 5.41) is 11.1. The Labute approximate surface area is 138 Å². The Morgan fingerprint density at radius 1 is 1.21 bits per heavy atom. The van der Waals surface area contributed by atoms with Crippen LogP contribution in [0.2, 0.25) is 0 Å². The van der Waals surface area contributed by atoms with E-state index in [1.807, 2.05) is 42.6 Å². The lowest BCUT2D eigenvalue weighted by Crippen LogP contribution is -2.26. The number of rotatable bonds is 4. The van der Waals surface area contributed by atoms with Crippen molar-refractivity contribution in [1.82, 2.24) is 19.9 Å². The Bertz CT molecular complexity index is 899. The van der Waals surface area contributed by atoms with E-state index in [4.69, 9.17) is 0 Å². The standard InChI is InChI=1S/C18H17FN4O/c1-12(14-6-8-15(19)9-7-14)11-17(24)20-13(2)18-22-21-16-5-3-4-10-23(16)18/h3-11,13H,1-2H3,(H,20,24). The number of hydrogen-bond donors (Lipinski definition) is 1. The first-order chi connectivity index (χ1) is 11.5. The molecule has 1 N–H and O–H groups in total. The van der Waals surface area contributed by atoms with E-state index in [0.717, 1.165) is 16.8 Å². The molecule has 0 radical (unpaired) electrons. The zero-order valence-electron chi connectivity index (χ0n) is 13.4. The quantitative estimate of drug-likeness (QED) is 0.750. The number of halogens is 1. The SMILES string of the molecule is CC(=CC(=O)NC(C)c1nnc2ccccn12)c1ccc(F)cc1. The van der Waals surface area contributed by atoms with E-state index >= 15 is 0 Å². The maximum atomic E-state index is 13.0. The van der Waals surface area contributed by atoms with Gasteiger partial charge in [-0.3, -0.25) is 9.20 Å². The van der Waals surface area contributed by atoms with E-state index in [9.17, 15) is 9.18 Å². The first-order valence-corrected chi connectivity index (χ1v) is 7.59. The molecule has 3 rings (SSSR count). The Morgan fingerprint density at radius 3 is 2.71 bits per heavy atom. The fraction of sp³-hybridized carbons (Fsp3) is 0.167. The summed E-state index contributed by atoms with van der Waals surface area (Å²) in [6, 6.07) is 11.3. The normalized spacial score (nSPS) is 13.0. The lowest BCUT2D eigenvalue weighted by atomic mass is 10.1. The number of benzene rings is 1. The number of carbonyl (C=O) groups is 1. The Morgan fingerprint density at radius 2 is 1.96 bits per heavy atom. The van der Waals surface area contributed by atoms with Crippen LogP contribution in [0.25, 0.3) is 11.2 Å². The summed E-state index contributed by atoms with van der Waals surface area (Å²) in [6.45, 7) is 3.66. The summed E-state index contributed by atoms with van der Waals surface area (Å²) in [6.07, 6.45) is 3.35. The van der Waals surface area contributed by atoms with Gasteiger partial charge in [0, 0.05) is 12.3 Å². The summed E-state index contributed by atoms with van der Waals surface area (Å²) in [4.78, 5) is 12.2. The van der Waals surface area contributed by atoms with Crippen LogP contribution in [0, 0.1) is 5.82 Å². The van der Waals surface area contributed by atoms with Gasteiger partial charge in [0.1, 0.15) is 5.82 Å². The lowest BCUT2D eigenvalue weighted by molar-refractivity contribution is -0.117. The highest BCUT2D eigenvalue weighted by Crippen LogP contribution is 2.15. The van der Waals surface area contributed by atoms with Crippen LogP contribution in [-0.2, 0) is 4.79 Å². The molecule has 0 aliphatic rings. The van der Waals surface area contributed by atoms with Gasteiger partial charge >= 0.3 is 0 Å². The minimum atomic E-state index is -0.302. The van der Waals surface area contributed by atoms with Crippen molar-refractivity contribution in [1.29, 1.82) is 0 Å². The molecule has 6 heteroatoms. The van der Waals surface area contributed by atoms with Crippen LogP contribution in [-0.4, -0.2) is 20.5 Å². The fourth-order valence-corrected chi connectivity index (χ4v) is 2.47. The van der Waals surface area contributed by atoms with Crippen LogP contribution in [0.5, 0.6) is 0 Å². The van der Waals surface area contributed by atoms with Crippen molar-refractivity contribution in [2.45, 2.75) is 19.9 Å². The van der Waals surface area contributed by atoms with E-state index in [1.165, 1.54) is 18.2 Å². The molecule has 0 saturated carbocycles. The van der Waals surface area contributed by atoms with Gasteiger partial charge in [-0.25, -0.2) is 4.39 Å². The van der Waals surface area contributed by atoms with Crippen molar-refractivity contribution >= 4 is 17.1 Å². The van der Waals surface area contributed by atoms with E-state index in [2.05, 4.69) is 15.5 Å². The molecule has 0 fully saturated rings. The highest BCUT2D eigenvalue weighted by atomic mass is 19.1. The number of aromatic nitrogens is 3. The second-order valence-corrected chi connectivity index (χ2v) is 5.55. The van der Waals surface area contributed by atoms with E-state index in [-0.39, 0.29) is 17.8 Å². The number of fused-ring (bicyclic) bond motifs is 1. The molecule has 0 aliphatic heterocycles. The summed E-state index contributed by atoms with van der Waals surface area (Å²) >= 11 is 0. The maximum Gasteiger partial charge on any atom is 0.244 e. The molecule has 3 aromatic rings. The van der Waals surface area contributed by atoms with Crippen molar-refractivity contribution in [2.24, 2.45) is 0 Å². The second kappa shape index (κ2) is 6.62. The first-order valence-electron chi connectivity index (χ1n) is 7.59. The van der Waals surface area contributed by atoms with Crippen molar-refractivity contribution in [3.05, 3.63) is 71.9 Å². The summed E-state index contributed by atoms with van der Waals surface area (Å²) in [5.41, 5.74) is 2.28. The topological polar surface area (TPSA) is 59.3 Å². The van der Waals surface area contributed by atoms with Gasteiger partial charge in [0.05, 0.1) is 6.04 Å². The number of nitrogens with zero attached hydrogens (tertiary/aromatic N) is 3. The van der Waals surface area contributed by atoms with Gasteiger partial charge < -0.3 is 5.32 Å². The molecule has 1 atom stereocenters.